The van der Waals surface area contributed by atoms with E-state index in [0.29, 0.717) is 0 Å². The number of aromatic nitrogens is 2. The van der Waals surface area contributed by atoms with Gasteiger partial charge in [0, 0.05) is 16.8 Å². The molecule has 4 aromatic rings. The number of hydrogen-bond acceptors (Lipinski definition) is 3. The minimum Gasteiger partial charge on any atom is -0.332 e. The predicted octanol–water partition coefficient (Wildman–Crippen LogP) is 6.17. The lowest BCUT2D eigenvalue weighted by Crippen LogP contribution is -2.22. The van der Waals surface area contributed by atoms with Crippen LogP contribution in [0.15, 0.2) is 90.1 Å². The molecule has 0 aliphatic heterocycles. The molecule has 0 aliphatic rings. The number of H-pyrrole nitrogens is 1. The van der Waals surface area contributed by atoms with Crippen LogP contribution in [0.2, 0.25) is 0 Å². The van der Waals surface area contributed by atoms with Crippen LogP contribution in [0, 0.1) is 6.92 Å². The third-order valence-electron chi connectivity index (χ3n) is 4.85. The number of carbonyl (C=O) groups is 1. The molecular formula is C25H23N3OS. The molecule has 0 saturated carbocycles. The highest BCUT2D eigenvalue weighted by atomic mass is 32.2. The third-order valence-corrected chi connectivity index (χ3v) is 5.84. The first-order chi connectivity index (χ1) is 14.6. The summed E-state index contributed by atoms with van der Waals surface area (Å²) < 4.78 is 0. The van der Waals surface area contributed by atoms with E-state index in [-0.39, 0.29) is 11.2 Å². The van der Waals surface area contributed by atoms with Gasteiger partial charge in [-0.25, -0.2) is 4.98 Å². The summed E-state index contributed by atoms with van der Waals surface area (Å²) in [5.41, 5.74) is 5.82. The van der Waals surface area contributed by atoms with Crippen LogP contribution in [-0.4, -0.2) is 21.1 Å². The molecule has 1 aromatic heterocycles. The van der Waals surface area contributed by atoms with Gasteiger partial charge < -0.3 is 10.3 Å². The Bertz CT molecular complexity index is 1080. The van der Waals surface area contributed by atoms with Gasteiger partial charge in [-0.1, -0.05) is 90.6 Å². The molecule has 0 bridgehead atoms. The fraction of sp³-hybridized carbons (Fsp3) is 0.120. The number of hydrogen-bond donors (Lipinski definition) is 2. The van der Waals surface area contributed by atoms with Crippen molar-refractivity contribution < 1.29 is 4.79 Å². The van der Waals surface area contributed by atoms with E-state index >= 15 is 0 Å². The second-order valence-corrected chi connectivity index (χ2v) is 8.39. The highest BCUT2D eigenvalue weighted by Gasteiger charge is 2.20. The van der Waals surface area contributed by atoms with Crippen molar-refractivity contribution in [2.45, 2.75) is 24.3 Å². The molecule has 30 heavy (non-hydrogen) atoms. The molecule has 0 spiro atoms. The van der Waals surface area contributed by atoms with E-state index in [1.54, 1.807) is 0 Å². The standard InChI is InChI=1S/C25H23N3OS/c1-17-11-9-10-16-21(17)26-24(29)18(2)30-25-27-22(19-12-5-3-6-13-19)23(28-25)20-14-7-4-8-15-20/h3-16,18H,1-2H3,(H,26,29)(H,27,28). The average molecular weight is 414 g/mol. The number of nitrogens with zero attached hydrogens (tertiary/aromatic N) is 1. The van der Waals surface area contributed by atoms with E-state index in [2.05, 4.69) is 22.4 Å². The minimum atomic E-state index is -0.303. The molecule has 4 rings (SSSR count). The van der Waals surface area contributed by atoms with Gasteiger partial charge in [0.2, 0.25) is 5.91 Å². The first-order valence-corrected chi connectivity index (χ1v) is 10.7. The van der Waals surface area contributed by atoms with Gasteiger partial charge in [0.05, 0.1) is 16.6 Å². The van der Waals surface area contributed by atoms with Crippen molar-refractivity contribution in [3.63, 3.8) is 0 Å². The first-order valence-electron chi connectivity index (χ1n) is 9.86. The first kappa shape index (κ1) is 20.0. The summed E-state index contributed by atoms with van der Waals surface area (Å²) in [5, 5.41) is 3.43. The molecule has 2 N–H and O–H groups in total. The molecule has 0 fully saturated rings. The molecule has 150 valence electrons. The van der Waals surface area contributed by atoms with Crippen molar-refractivity contribution in [2.75, 3.05) is 5.32 Å². The van der Waals surface area contributed by atoms with Crippen LogP contribution in [0.3, 0.4) is 0 Å². The summed E-state index contributed by atoms with van der Waals surface area (Å²) in [6.07, 6.45) is 0. The number of carbonyl (C=O) groups excluding carboxylic acids is 1. The zero-order valence-electron chi connectivity index (χ0n) is 16.9. The lowest BCUT2D eigenvalue weighted by atomic mass is 10.1. The Morgan fingerprint density at radius 2 is 1.50 bits per heavy atom. The maximum absolute atomic E-state index is 12.7. The van der Waals surface area contributed by atoms with E-state index in [9.17, 15) is 4.79 Å². The maximum atomic E-state index is 12.7. The van der Waals surface area contributed by atoms with Crippen molar-refractivity contribution >= 4 is 23.4 Å². The molecule has 1 unspecified atom stereocenters. The second kappa shape index (κ2) is 9.01. The fourth-order valence-corrected chi connectivity index (χ4v) is 4.00. The maximum Gasteiger partial charge on any atom is 0.237 e. The number of nitrogens with one attached hydrogen (secondary N) is 2. The largest absolute Gasteiger partial charge is 0.332 e. The van der Waals surface area contributed by atoms with Gasteiger partial charge in [-0.3, -0.25) is 4.79 Å². The summed E-state index contributed by atoms with van der Waals surface area (Å²) in [6.45, 7) is 3.88. The molecule has 1 amide bonds. The van der Waals surface area contributed by atoms with Crippen molar-refractivity contribution in [2.24, 2.45) is 0 Å². The van der Waals surface area contributed by atoms with E-state index in [4.69, 9.17) is 4.98 Å². The summed E-state index contributed by atoms with van der Waals surface area (Å²) in [4.78, 5) is 21.0. The fourth-order valence-electron chi connectivity index (χ4n) is 3.19. The molecule has 1 atom stereocenters. The van der Waals surface area contributed by atoms with Gasteiger partial charge in [-0.15, -0.1) is 0 Å². The van der Waals surface area contributed by atoms with Crippen molar-refractivity contribution in [3.8, 4) is 22.5 Å². The minimum absolute atomic E-state index is 0.0479. The lowest BCUT2D eigenvalue weighted by molar-refractivity contribution is -0.115. The van der Waals surface area contributed by atoms with E-state index in [1.807, 2.05) is 86.6 Å². The number of anilines is 1. The monoisotopic (exact) mass is 413 g/mol. The van der Waals surface area contributed by atoms with Gasteiger partial charge in [-0.2, -0.15) is 0 Å². The van der Waals surface area contributed by atoms with Gasteiger partial charge >= 0.3 is 0 Å². The zero-order chi connectivity index (χ0) is 20.9. The van der Waals surface area contributed by atoms with E-state index < -0.39 is 0 Å². The molecule has 0 saturated heterocycles. The number of amides is 1. The SMILES string of the molecule is Cc1ccccc1NC(=O)C(C)Sc1nc(-c2ccccc2)c(-c2ccccc2)[nH]1. The highest BCUT2D eigenvalue weighted by molar-refractivity contribution is 8.00. The van der Waals surface area contributed by atoms with Gasteiger partial charge in [-0.05, 0) is 25.5 Å². The van der Waals surface area contributed by atoms with Gasteiger partial charge in [0.15, 0.2) is 5.16 Å². The summed E-state index contributed by atoms with van der Waals surface area (Å²) in [5.74, 6) is -0.0479. The summed E-state index contributed by atoms with van der Waals surface area (Å²) in [6, 6.07) is 28.0. The van der Waals surface area contributed by atoms with Crippen LogP contribution >= 0.6 is 11.8 Å². The van der Waals surface area contributed by atoms with Crippen LogP contribution in [0.5, 0.6) is 0 Å². The van der Waals surface area contributed by atoms with Crippen molar-refractivity contribution in [1.29, 1.82) is 0 Å². The van der Waals surface area contributed by atoms with Crippen LogP contribution < -0.4 is 5.32 Å². The quantitative estimate of drug-likeness (QED) is 0.372. The Morgan fingerprint density at radius 3 is 2.17 bits per heavy atom. The van der Waals surface area contributed by atoms with E-state index in [1.165, 1.54) is 11.8 Å². The molecule has 1 heterocycles. The van der Waals surface area contributed by atoms with Crippen molar-refractivity contribution in [3.05, 3.63) is 90.5 Å². The van der Waals surface area contributed by atoms with Crippen LogP contribution in [-0.2, 0) is 4.79 Å². The second-order valence-electron chi connectivity index (χ2n) is 7.06. The zero-order valence-corrected chi connectivity index (χ0v) is 17.7. The number of benzene rings is 3. The van der Waals surface area contributed by atoms with Crippen LogP contribution in [0.1, 0.15) is 12.5 Å². The number of rotatable bonds is 6. The Balaban J connectivity index is 1.59. The smallest absolute Gasteiger partial charge is 0.237 e. The molecule has 0 radical (unpaired) electrons. The predicted molar refractivity (Wildman–Crippen MR) is 125 cm³/mol. The molecule has 5 heteroatoms. The number of aryl methyl sites for hydroxylation is 1. The summed E-state index contributed by atoms with van der Waals surface area (Å²) in [7, 11) is 0. The van der Waals surface area contributed by atoms with Crippen LogP contribution in [0.25, 0.3) is 22.5 Å². The Hall–Kier alpha value is -3.31. The number of aromatic amines is 1. The molecule has 4 nitrogen and oxygen atoms in total. The summed E-state index contributed by atoms with van der Waals surface area (Å²) >= 11 is 1.42. The molecular weight excluding hydrogens is 390 g/mol. The van der Waals surface area contributed by atoms with E-state index in [0.717, 1.165) is 38.9 Å². The van der Waals surface area contributed by atoms with Gasteiger partial charge in [0.1, 0.15) is 0 Å². The third kappa shape index (κ3) is 4.47. The normalized spacial score (nSPS) is 11.8. The highest BCUT2D eigenvalue weighted by Crippen LogP contribution is 2.34. The number of para-hydroxylation sites is 1. The van der Waals surface area contributed by atoms with Gasteiger partial charge in [0.25, 0.3) is 0 Å². The van der Waals surface area contributed by atoms with Crippen LogP contribution in [0.4, 0.5) is 5.69 Å². The number of imidazole rings is 1. The Morgan fingerprint density at radius 1 is 0.900 bits per heavy atom. The molecule has 0 aliphatic carbocycles. The topological polar surface area (TPSA) is 57.8 Å². The Labute approximate surface area is 180 Å². The number of thioether (sulfide) groups is 1. The van der Waals surface area contributed by atoms with Crippen molar-refractivity contribution in [1.82, 2.24) is 9.97 Å². The average Bonchev–Trinajstić information content (AvgIpc) is 3.20. The lowest BCUT2D eigenvalue weighted by Gasteiger charge is -2.12. The Kier molecular flexibility index (Phi) is 6.00. The molecule has 3 aromatic carbocycles.